The number of nitrogens with one attached hydrogen (secondary N) is 1. The molecule has 0 saturated carbocycles. The van der Waals surface area contributed by atoms with Crippen LogP contribution in [0.5, 0.6) is 5.75 Å². The molecule has 0 aliphatic carbocycles. The zero-order chi connectivity index (χ0) is 23.0. The van der Waals surface area contributed by atoms with Gasteiger partial charge < -0.3 is 10.1 Å². The Balaban J connectivity index is 1.55. The van der Waals surface area contributed by atoms with Crippen LogP contribution in [0.2, 0.25) is 0 Å². The number of anilines is 1. The summed E-state index contributed by atoms with van der Waals surface area (Å²) in [5, 5.41) is 2.98. The smallest absolute Gasteiger partial charge is 0.304 e. The summed E-state index contributed by atoms with van der Waals surface area (Å²) >= 11 is 0. The molecule has 2 aromatic rings. The van der Waals surface area contributed by atoms with E-state index in [0.29, 0.717) is 51.2 Å². The van der Waals surface area contributed by atoms with Crippen molar-refractivity contribution in [2.45, 2.75) is 33.1 Å². The number of hydrogen-bond acceptors (Lipinski definition) is 4. The van der Waals surface area contributed by atoms with Gasteiger partial charge in [-0.3, -0.25) is 9.10 Å². The van der Waals surface area contributed by atoms with Gasteiger partial charge in [0.2, 0.25) is 5.91 Å². The maximum atomic E-state index is 13.3. The number of piperidine rings is 1. The Hall–Kier alpha value is -2.58. The van der Waals surface area contributed by atoms with Crippen LogP contribution < -0.4 is 14.4 Å². The van der Waals surface area contributed by atoms with Crippen LogP contribution in [0.3, 0.4) is 0 Å². The Morgan fingerprint density at radius 2 is 1.84 bits per heavy atom. The van der Waals surface area contributed by atoms with E-state index in [0.717, 1.165) is 11.3 Å². The van der Waals surface area contributed by atoms with Crippen molar-refractivity contribution < 1.29 is 17.9 Å². The lowest BCUT2D eigenvalue weighted by Gasteiger charge is -2.35. The zero-order valence-electron chi connectivity index (χ0n) is 18.9. The van der Waals surface area contributed by atoms with E-state index in [1.807, 2.05) is 56.3 Å². The number of carbonyl (C=O) groups is 1. The van der Waals surface area contributed by atoms with Crippen molar-refractivity contribution in [2.24, 2.45) is 5.92 Å². The summed E-state index contributed by atoms with van der Waals surface area (Å²) in [5.74, 6) is 0.410. The van der Waals surface area contributed by atoms with Gasteiger partial charge in [-0.15, -0.1) is 0 Å². The zero-order valence-corrected chi connectivity index (χ0v) is 19.7. The van der Waals surface area contributed by atoms with Gasteiger partial charge in [0.1, 0.15) is 5.75 Å². The van der Waals surface area contributed by atoms with E-state index in [9.17, 15) is 13.2 Å². The van der Waals surface area contributed by atoms with Gasteiger partial charge in [0.05, 0.1) is 18.2 Å². The van der Waals surface area contributed by atoms with Crippen molar-refractivity contribution in [1.29, 1.82) is 0 Å². The molecule has 7 nitrogen and oxygen atoms in total. The van der Waals surface area contributed by atoms with E-state index in [2.05, 4.69) is 5.32 Å². The summed E-state index contributed by atoms with van der Waals surface area (Å²) in [5.41, 5.74) is 1.75. The molecule has 3 rings (SSSR count). The van der Waals surface area contributed by atoms with E-state index in [1.54, 1.807) is 12.1 Å². The molecule has 1 aliphatic heterocycles. The highest BCUT2D eigenvalue weighted by Crippen LogP contribution is 2.25. The largest absolute Gasteiger partial charge is 0.494 e. The van der Waals surface area contributed by atoms with Crippen LogP contribution in [0.15, 0.2) is 54.6 Å². The highest BCUT2D eigenvalue weighted by molar-refractivity contribution is 7.90. The Labute approximate surface area is 191 Å². The summed E-state index contributed by atoms with van der Waals surface area (Å²) in [7, 11) is -3.69. The minimum Gasteiger partial charge on any atom is -0.494 e. The lowest BCUT2D eigenvalue weighted by atomic mass is 9.99. The highest BCUT2D eigenvalue weighted by Gasteiger charge is 2.35. The second-order valence-corrected chi connectivity index (χ2v) is 9.68. The molecule has 1 N–H and O–H groups in total. The SMILES string of the molecule is CCOc1ccc(CCNC(=O)[C@@H]2CCCN(S(=O)(=O)N(CC)c3ccccc3)C2)cc1. The molecule has 0 bridgehead atoms. The van der Waals surface area contributed by atoms with Crippen LogP contribution >= 0.6 is 0 Å². The van der Waals surface area contributed by atoms with Gasteiger partial charge in [0.15, 0.2) is 0 Å². The first-order valence-corrected chi connectivity index (χ1v) is 12.7. The monoisotopic (exact) mass is 459 g/mol. The molecule has 1 amide bonds. The third-order valence-corrected chi connectivity index (χ3v) is 7.65. The van der Waals surface area contributed by atoms with Gasteiger partial charge in [-0.1, -0.05) is 30.3 Å². The van der Waals surface area contributed by atoms with E-state index in [4.69, 9.17) is 4.74 Å². The molecular formula is C24H33N3O4S. The number of benzene rings is 2. The minimum atomic E-state index is -3.69. The van der Waals surface area contributed by atoms with Gasteiger partial charge in [0, 0.05) is 26.2 Å². The number of hydrogen-bond donors (Lipinski definition) is 1. The molecule has 8 heteroatoms. The lowest BCUT2D eigenvalue weighted by Crippen LogP contribution is -2.50. The van der Waals surface area contributed by atoms with E-state index < -0.39 is 10.2 Å². The second kappa shape index (κ2) is 11.3. The predicted molar refractivity (Wildman–Crippen MR) is 127 cm³/mol. The van der Waals surface area contributed by atoms with Crippen LogP contribution in [0, 0.1) is 5.92 Å². The maximum absolute atomic E-state index is 13.3. The minimum absolute atomic E-state index is 0.0846. The molecule has 2 aromatic carbocycles. The molecule has 0 aromatic heterocycles. The molecule has 174 valence electrons. The van der Waals surface area contributed by atoms with Crippen LogP contribution in [0.1, 0.15) is 32.3 Å². The summed E-state index contributed by atoms with van der Waals surface area (Å²) in [4.78, 5) is 12.7. The lowest BCUT2D eigenvalue weighted by molar-refractivity contribution is -0.126. The first-order chi connectivity index (χ1) is 15.5. The predicted octanol–water partition coefficient (Wildman–Crippen LogP) is 3.23. The van der Waals surface area contributed by atoms with Gasteiger partial charge in [-0.05, 0) is 62.9 Å². The Kier molecular flexibility index (Phi) is 8.53. The Morgan fingerprint density at radius 1 is 1.12 bits per heavy atom. The quantitative estimate of drug-likeness (QED) is 0.592. The van der Waals surface area contributed by atoms with Crippen LogP contribution in [-0.2, 0) is 21.4 Å². The van der Waals surface area contributed by atoms with Crippen molar-refractivity contribution in [1.82, 2.24) is 9.62 Å². The molecular weight excluding hydrogens is 426 g/mol. The summed E-state index contributed by atoms with van der Waals surface area (Å²) in [6.45, 7) is 5.89. The number of ether oxygens (including phenoxy) is 1. The molecule has 0 unspecified atom stereocenters. The Bertz CT molecular complexity index is 964. The first-order valence-electron chi connectivity index (χ1n) is 11.3. The average molecular weight is 460 g/mol. The maximum Gasteiger partial charge on any atom is 0.304 e. The Morgan fingerprint density at radius 3 is 2.50 bits per heavy atom. The van der Waals surface area contributed by atoms with E-state index >= 15 is 0 Å². The first kappa shape index (κ1) is 24.1. The topological polar surface area (TPSA) is 79.0 Å². The van der Waals surface area contributed by atoms with Crippen LogP contribution in [0.25, 0.3) is 0 Å². The third-order valence-electron chi connectivity index (χ3n) is 5.64. The average Bonchev–Trinajstić information content (AvgIpc) is 2.81. The molecule has 0 radical (unpaired) electrons. The van der Waals surface area contributed by atoms with E-state index in [-0.39, 0.29) is 18.4 Å². The van der Waals surface area contributed by atoms with Gasteiger partial charge in [0.25, 0.3) is 0 Å². The number of carbonyl (C=O) groups excluding carboxylic acids is 1. The standard InChI is InChI=1S/C24H33N3O4S/c1-3-27(22-10-6-5-7-11-22)32(29,30)26-18-8-9-21(19-26)24(28)25-17-16-20-12-14-23(15-13-20)31-4-2/h5-7,10-15,21H,3-4,8-9,16-19H2,1-2H3,(H,25,28)/t21-/m1/s1. The number of para-hydroxylation sites is 1. The third kappa shape index (κ3) is 6.01. The van der Waals surface area contributed by atoms with Gasteiger partial charge in [-0.2, -0.15) is 12.7 Å². The van der Waals surface area contributed by atoms with Gasteiger partial charge >= 0.3 is 10.2 Å². The highest BCUT2D eigenvalue weighted by atomic mass is 32.2. The fourth-order valence-corrected chi connectivity index (χ4v) is 5.69. The molecule has 32 heavy (non-hydrogen) atoms. The van der Waals surface area contributed by atoms with Crippen LogP contribution in [-0.4, -0.2) is 51.4 Å². The van der Waals surface area contributed by atoms with Crippen molar-refractivity contribution in [3.8, 4) is 5.75 Å². The van der Waals surface area contributed by atoms with E-state index in [1.165, 1.54) is 8.61 Å². The van der Waals surface area contributed by atoms with Gasteiger partial charge in [-0.25, -0.2) is 0 Å². The molecule has 1 aliphatic rings. The molecule has 1 atom stereocenters. The molecule has 1 saturated heterocycles. The summed E-state index contributed by atoms with van der Waals surface area (Å²) < 4.78 is 34.8. The van der Waals surface area contributed by atoms with Crippen LogP contribution in [0.4, 0.5) is 5.69 Å². The normalized spacial score (nSPS) is 17.0. The molecule has 1 fully saturated rings. The van der Waals surface area contributed by atoms with Crippen molar-refractivity contribution in [3.63, 3.8) is 0 Å². The number of amides is 1. The summed E-state index contributed by atoms with van der Waals surface area (Å²) in [6.07, 6.45) is 2.07. The van der Waals surface area contributed by atoms with Crippen molar-refractivity contribution in [3.05, 3.63) is 60.2 Å². The molecule has 0 spiro atoms. The number of nitrogens with zero attached hydrogens (tertiary/aromatic N) is 2. The fraction of sp³-hybridized carbons (Fsp3) is 0.458. The second-order valence-electron chi connectivity index (χ2n) is 7.82. The van der Waals surface area contributed by atoms with Crippen molar-refractivity contribution in [2.75, 3.05) is 37.1 Å². The fourth-order valence-electron chi connectivity index (χ4n) is 3.97. The number of rotatable bonds is 10. The molecule has 1 heterocycles. The van der Waals surface area contributed by atoms with Crippen molar-refractivity contribution >= 4 is 21.8 Å². The summed E-state index contributed by atoms with van der Waals surface area (Å²) in [6, 6.07) is 16.9.